The second-order valence-electron chi connectivity index (χ2n) is 4.94. The lowest BCUT2D eigenvalue weighted by atomic mass is 10.2. The molecule has 7 heteroatoms. The van der Waals surface area contributed by atoms with Crippen molar-refractivity contribution in [2.24, 2.45) is 0 Å². The molecule has 0 fully saturated rings. The van der Waals surface area contributed by atoms with Crippen molar-refractivity contribution >= 4 is 11.8 Å². The van der Waals surface area contributed by atoms with Crippen LogP contribution < -0.4 is 20.3 Å². The van der Waals surface area contributed by atoms with Gasteiger partial charge in [-0.15, -0.1) is 0 Å². The zero-order chi connectivity index (χ0) is 17.4. The standard InChI is InChI=1S/C17H17FN2O4/c1-12-2-6-14(7-3-12)23-10-16(21)19-20-17(22)11-24-15-8-4-13(18)5-9-15/h2-9H,10-11H2,1H3,(H,19,21)(H,20,22). The van der Waals surface area contributed by atoms with Crippen LogP contribution in [0.1, 0.15) is 5.56 Å². The van der Waals surface area contributed by atoms with Gasteiger partial charge in [-0.1, -0.05) is 17.7 Å². The van der Waals surface area contributed by atoms with Gasteiger partial charge in [-0.05, 0) is 43.3 Å². The molecule has 0 spiro atoms. The fraction of sp³-hybridized carbons (Fsp3) is 0.176. The summed E-state index contributed by atoms with van der Waals surface area (Å²) in [4.78, 5) is 23.1. The lowest BCUT2D eigenvalue weighted by molar-refractivity contribution is -0.131. The first-order valence-corrected chi connectivity index (χ1v) is 7.18. The van der Waals surface area contributed by atoms with Crippen LogP contribution in [0.4, 0.5) is 4.39 Å². The Labute approximate surface area is 138 Å². The van der Waals surface area contributed by atoms with E-state index in [0.717, 1.165) is 5.56 Å². The Morgan fingerprint density at radius 1 is 0.833 bits per heavy atom. The number of hydrogen-bond donors (Lipinski definition) is 2. The summed E-state index contributed by atoms with van der Waals surface area (Å²) in [6, 6.07) is 12.5. The minimum Gasteiger partial charge on any atom is -0.484 e. The number of halogens is 1. The van der Waals surface area contributed by atoms with Gasteiger partial charge < -0.3 is 9.47 Å². The molecule has 126 valence electrons. The van der Waals surface area contributed by atoms with E-state index in [1.54, 1.807) is 12.1 Å². The minimum atomic E-state index is -0.553. The summed E-state index contributed by atoms with van der Waals surface area (Å²) in [7, 11) is 0. The highest BCUT2D eigenvalue weighted by atomic mass is 19.1. The van der Waals surface area contributed by atoms with E-state index in [-0.39, 0.29) is 13.2 Å². The highest BCUT2D eigenvalue weighted by Crippen LogP contribution is 2.11. The fourth-order valence-corrected chi connectivity index (χ4v) is 1.67. The molecule has 0 aliphatic carbocycles. The molecule has 0 heterocycles. The summed E-state index contributed by atoms with van der Waals surface area (Å²) in [5, 5.41) is 0. The van der Waals surface area contributed by atoms with Crippen LogP contribution in [-0.2, 0) is 9.59 Å². The quantitative estimate of drug-likeness (QED) is 0.790. The summed E-state index contributed by atoms with van der Waals surface area (Å²) in [6.07, 6.45) is 0. The predicted molar refractivity (Wildman–Crippen MR) is 84.9 cm³/mol. The molecule has 0 atom stereocenters. The van der Waals surface area contributed by atoms with Gasteiger partial charge in [-0.3, -0.25) is 20.4 Å². The molecule has 2 aromatic carbocycles. The van der Waals surface area contributed by atoms with Gasteiger partial charge >= 0.3 is 0 Å². The molecule has 0 aromatic heterocycles. The zero-order valence-corrected chi connectivity index (χ0v) is 13.0. The Morgan fingerprint density at radius 2 is 1.25 bits per heavy atom. The summed E-state index contributed by atoms with van der Waals surface area (Å²) in [5.74, 6) is -0.552. The monoisotopic (exact) mass is 332 g/mol. The first-order valence-electron chi connectivity index (χ1n) is 7.18. The normalized spacial score (nSPS) is 9.92. The number of aryl methyl sites for hydroxylation is 1. The van der Waals surface area contributed by atoms with Gasteiger partial charge in [-0.2, -0.15) is 0 Å². The summed E-state index contributed by atoms with van der Waals surface area (Å²) >= 11 is 0. The van der Waals surface area contributed by atoms with Crippen molar-refractivity contribution in [1.29, 1.82) is 0 Å². The lowest BCUT2D eigenvalue weighted by Gasteiger charge is -2.10. The molecule has 0 unspecified atom stereocenters. The van der Waals surface area contributed by atoms with Gasteiger partial charge in [0, 0.05) is 0 Å². The average molecular weight is 332 g/mol. The second-order valence-corrected chi connectivity index (χ2v) is 4.94. The van der Waals surface area contributed by atoms with Crippen LogP contribution in [0.15, 0.2) is 48.5 Å². The van der Waals surface area contributed by atoms with Crippen LogP contribution in [0.5, 0.6) is 11.5 Å². The number of carbonyl (C=O) groups excluding carboxylic acids is 2. The number of hydrogen-bond acceptors (Lipinski definition) is 4. The molecule has 2 aromatic rings. The van der Waals surface area contributed by atoms with Gasteiger partial charge in [0.25, 0.3) is 11.8 Å². The lowest BCUT2D eigenvalue weighted by Crippen LogP contribution is -2.45. The predicted octanol–water partition coefficient (Wildman–Crippen LogP) is 1.74. The number of benzene rings is 2. The van der Waals surface area contributed by atoms with Gasteiger partial charge in [-0.25, -0.2) is 4.39 Å². The zero-order valence-electron chi connectivity index (χ0n) is 13.0. The number of amides is 2. The molecule has 2 rings (SSSR count). The van der Waals surface area contributed by atoms with Gasteiger partial charge in [0.15, 0.2) is 13.2 Å². The number of rotatable bonds is 6. The van der Waals surface area contributed by atoms with E-state index in [9.17, 15) is 14.0 Å². The minimum absolute atomic E-state index is 0.234. The molecule has 0 radical (unpaired) electrons. The maximum atomic E-state index is 12.7. The van der Waals surface area contributed by atoms with E-state index in [1.807, 2.05) is 19.1 Å². The van der Waals surface area contributed by atoms with Crippen LogP contribution in [0.2, 0.25) is 0 Å². The molecule has 2 amide bonds. The summed E-state index contributed by atoms with van der Waals surface area (Å²) in [5.41, 5.74) is 5.48. The Hall–Kier alpha value is -3.09. The van der Waals surface area contributed by atoms with Crippen molar-refractivity contribution in [3.05, 3.63) is 59.9 Å². The van der Waals surface area contributed by atoms with Crippen LogP contribution in [0.25, 0.3) is 0 Å². The van der Waals surface area contributed by atoms with Crippen LogP contribution >= 0.6 is 0 Å². The van der Waals surface area contributed by atoms with E-state index in [0.29, 0.717) is 11.5 Å². The third-order valence-electron chi connectivity index (χ3n) is 2.92. The fourth-order valence-electron chi connectivity index (χ4n) is 1.67. The maximum absolute atomic E-state index is 12.7. The first-order chi connectivity index (χ1) is 11.5. The highest BCUT2D eigenvalue weighted by molar-refractivity contribution is 5.83. The van der Waals surface area contributed by atoms with E-state index in [1.165, 1.54) is 24.3 Å². The van der Waals surface area contributed by atoms with Crippen molar-refractivity contribution in [1.82, 2.24) is 10.9 Å². The van der Waals surface area contributed by atoms with Gasteiger partial charge in [0.1, 0.15) is 17.3 Å². The molecule has 6 nitrogen and oxygen atoms in total. The van der Waals surface area contributed by atoms with E-state index in [4.69, 9.17) is 9.47 Å². The van der Waals surface area contributed by atoms with Crippen molar-refractivity contribution in [2.75, 3.05) is 13.2 Å². The van der Waals surface area contributed by atoms with Crippen molar-refractivity contribution < 1.29 is 23.5 Å². The van der Waals surface area contributed by atoms with Crippen molar-refractivity contribution in [3.63, 3.8) is 0 Å². The van der Waals surface area contributed by atoms with Crippen LogP contribution in [0.3, 0.4) is 0 Å². The van der Waals surface area contributed by atoms with Crippen LogP contribution in [-0.4, -0.2) is 25.0 Å². The molecule has 0 bridgehead atoms. The third kappa shape index (κ3) is 5.96. The van der Waals surface area contributed by atoms with E-state index in [2.05, 4.69) is 10.9 Å². The number of nitrogens with one attached hydrogen (secondary N) is 2. The average Bonchev–Trinajstić information content (AvgIpc) is 2.59. The molecule has 2 N–H and O–H groups in total. The van der Waals surface area contributed by atoms with E-state index < -0.39 is 17.6 Å². The van der Waals surface area contributed by atoms with Crippen molar-refractivity contribution in [3.8, 4) is 11.5 Å². The smallest absolute Gasteiger partial charge is 0.276 e. The first kappa shape index (κ1) is 17.3. The molecular weight excluding hydrogens is 315 g/mol. The molecule has 0 aliphatic heterocycles. The second kappa shape index (κ2) is 8.52. The number of ether oxygens (including phenoxy) is 2. The van der Waals surface area contributed by atoms with Gasteiger partial charge in [0.05, 0.1) is 0 Å². The van der Waals surface area contributed by atoms with Gasteiger partial charge in [0.2, 0.25) is 0 Å². The molecule has 0 saturated carbocycles. The third-order valence-corrected chi connectivity index (χ3v) is 2.92. The molecule has 0 aliphatic rings. The van der Waals surface area contributed by atoms with Crippen LogP contribution in [0, 0.1) is 12.7 Å². The summed E-state index contributed by atoms with van der Waals surface area (Å²) in [6.45, 7) is 1.40. The highest BCUT2D eigenvalue weighted by Gasteiger charge is 2.06. The number of carbonyl (C=O) groups is 2. The topological polar surface area (TPSA) is 76.7 Å². The molecule has 0 saturated heterocycles. The molecular formula is C17H17FN2O4. The SMILES string of the molecule is Cc1ccc(OCC(=O)NNC(=O)COc2ccc(F)cc2)cc1. The Balaban J connectivity index is 1.64. The summed E-state index contributed by atoms with van der Waals surface area (Å²) < 4.78 is 23.1. The Kier molecular flexibility index (Phi) is 6.13. The largest absolute Gasteiger partial charge is 0.484 e. The number of hydrazine groups is 1. The Morgan fingerprint density at radius 3 is 1.71 bits per heavy atom. The van der Waals surface area contributed by atoms with E-state index >= 15 is 0 Å². The molecule has 24 heavy (non-hydrogen) atoms. The van der Waals surface area contributed by atoms with Crippen molar-refractivity contribution in [2.45, 2.75) is 6.92 Å². The Bertz CT molecular complexity index is 625. The maximum Gasteiger partial charge on any atom is 0.276 e.